The predicted molar refractivity (Wildman–Crippen MR) is 524 cm³/mol. The molecule has 0 unspecified atom stereocenters. The third-order valence-electron chi connectivity index (χ3n) is 25.4. The molecule has 0 spiro atoms. The molecule has 2 aliphatic rings. The van der Waals surface area contributed by atoms with Crippen LogP contribution in [-0.4, -0.2) is 70.1 Å². The first-order chi connectivity index (χ1) is 62.5. The smallest absolute Gasteiger partial charge is 0.445 e. The number of rotatable bonds is 12. The van der Waals surface area contributed by atoms with Crippen LogP contribution in [0.15, 0.2) is 437 Å². The van der Waals surface area contributed by atoms with Gasteiger partial charge in [-0.05, 0) is 178 Å². The van der Waals surface area contributed by atoms with Crippen molar-refractivity contribution in [3.63, 3.8) is 0 Å². The van der Waals surface area contributed by atoms with E-state index in [0.29, 0.717) is 0 Å². The summed E-state index contributed by atoms with van der Waals surface area (Å²) in [4.78, 5) is 0. The third-order valence-corrected chi connectivity index (χ3v) is 25.4. The molecule has 588 valence electrons. The minimum absolute atomic E-state index is 0.754. The first-order valence-corrected chi connectivity index (χ1v) is 42.9. The van der Waals surface area contributed by atoms with E-state index in [-0.39, 0.29) is 0 Å². The van der Waals surface area contributed by atoms with Crippen LogP contribution in [0.3, 0.4) is 0 Å². The van der Waals surface area contributed by atoms with Crippen LogP contribution < -0.4 is 32.8 Å². The molecule has 0 saturated carbocycles. The Morgan fingerprint density at radius 1 is 0.119 bits per heavy atom. The van der Waals surface area contributed by atoms with Crippen LogP contribution in [0.5, 0.6) is 0 Å². The maximum absolute atomic E-state index is 6.98. The Bertz CT molecular complexity index is 7620. The van der Waals surface area contributed by atoms with Gasteiger partial charge in [0.05, 0.1) is 66.2 Å². The molecule has 12 nitrogen and oxygen atoms in total. The number of para-hydroxylation sites is 12. The van der Waals surface area contributed by atoms with E-state index < -0.39 is 42.7 Å². The summed E-state index contributed by atoms with van der Waals surface area (Å²) in [5.74, 6) is 0. The highest BCUT2D eigenvalue weighted by molar-refractivity contribution is 6.88. The predicted octanol–water partition coefficient (Wildman–Crippen LogP) is 21.1. The van der Waals surface area contributed by atoms with Gasteiger partial charge in [0.1, 0.15) is 0 Å². The van der Waals surface area contributed by atoms with Gasteiger partial charge in [0, 0.05) is 98.8 Å². The number of aromatic nitrogens is 6. The fourth-order valence-electron chi connectivity index (χ4n) is 19.9. The van der Waals surface area contributed by atoms with Crippen LogP contribution in [0.2, 0.25) is 0 Å². The summed E-state index contributed by atoms with van der Waals surface area (Å²) in [6.45, 7) is 0. The van der Waals surface area contributed by atoms with Crippen molar-refractivity contribution in [1.29, 1.82) is 0 Å². The van der Waals surface area contributed by atoms with Gasteiger partial charge in [-0.1, -0.05) is 291 Å². The van der Waals surface area contributed by atoms with E-state index in [2.05, 4.69) is 464 Å². The highest BCUT2D eigenvalue weighted by Crippen LogP contribution is 2.40. The van der Waals surface area contributed by atoms with Crippen molar-refractivity contribution in [3.8, 4) is 34.1 Å². The van der Waals surface area contributed by atoms with Gasteiger partial charge in [0.15, 0.2) is 0 Å². The molecule has 18 aromatic carbocycles. The lowest BCUT2D eigenvalue weighted by molar-refractivity contribution is 0.307. The second kappa shape index (κ2) is 30.5. The van der Waals surface area contributed by atoms with Crippen molar-refractivity contribution in [2.45, 2.75) is 0 Å². The first-order valence-electron chi connectivity index (χ1n) is 42.9. The number of hydrogen-bond acceptors (Lipinski definition) is 6. The summed E-state index contributed by atoms with van der Waals surface area (Å²) in [5, 5.41) is 14.5. The highest BCUT2D eigenvalue weighted by atomic mass is 16.7. The van der Waals surface area contributed by atoms with Gasteiger partial charge in [0.2, 0.25) is 0 Å². The van der Waals surface area contributed by atoms with Gasteiger partial charge in [-0.2, -0.15) is 0 Å². The number of benzene rings is 18. The van der Waals surface area contributed by atoms with Crippen LogP contribution in [0, 0.1) is 0 Å². The maximum atomic E-state index is 6.98. The molecule has 24 aromatic rings. The van der Waals surface area contributed by atoms with Gasteiger partial charge < -0.3 is 54.8 Å². The topological polar surface area (TPSA) is 85.0 Å². The SMILES string of the molecule is c1cc(B2OB(c3cccc(-n4c5ccccc5c5ccccc54)c3)OB(c3cccc(-n4c5ccccc5c5ccccc54)c3)O2)cc(-n2c3ccccc3c3ccccc32)c1.c1ccc(-n2c3ccccc3c3ccc(B4OB(c5cccc(-n6c7ccccc7c7ccccc76)c5)OB(c5cccc(-n6c7ccccc7c7ccccc76)c5)O4)cc32)cc1. The molecule has 18 heteroatoms. The van der Waals surface area contributed by atoms with Gasteiger partial charge in [-0.25, -0.2) is 0 Å². The van der Waals surface area contributed by atoms with Crippen molar-refractivity contribution in [1.82, 2.24) is 27.4 Å². The van der Waals surface area contributed by atoms with Crippen molar-refractivity contribution in [2.24, 2.45) is 0 Å². The Morgan fingerprint density at radius 2 is 0.278 bits per heavy atom. The Labute approximate surface area is 727 Å². The normalized spacial score (nSPS) is 13.4. The standard InChI is InChI=1S/2C54H36B3N3O3/c1-7-28-49-43(22-1)44-23-2-8-29-50(44)58(49)40-19-13-16-37(34-40)55-61-56(38-17-14-20-41(35-38)59-51-30-9-3-24-45(51)46-25-4-10-31-52(46)59)63-57(62-55)39-18-15-21-42(36-39)60-53-32-11-5-26-47(53)48-27-6-12-33-54(48)60;1-2-18-40(19-3-1)58-49-27-9-8-26-47(49)48-33-32-39(36-54(48)58)57-62-55(37-16-14-20-41(34-37)59-50-28-10-4-22-43(50)44-23-5-11-29-51(44)59)61-56(63-57)38-17-15-21-42(35-38)60-52-30-12-6-24-45(52)46-25-7-13-31-53(46)60/h2*1-36H. The molecule has 0 radical (unpaired) electrons. The van der Waals surface area contributed by atoms with E-state index in [1.165, 1.54) is 59.2 Å². The number of hydrogen-bond donors (Lipinski definition) is 0. The van der Waals surface area contributed by atoms with E-state index in [4.69, 9.17) is 27.4 Å². The van der Waals surface area contributed by atoms with Crippen LogP contribution in [0.1, 0.15) is 0 Å². The van der Waals surface area contributed by atoms with Crippen molar-refractivity contribution >= 4 is 206 Å². The Morgan fingerprint density at radius 3 is 0.484 bits per heavy atom. The summed E-state index contributed by atoms with van der Waals surface area (Å²) < 4.78 is 55.7. The van der Waals surface area contributed by atoms with Gasteiger partial charge >= 0.3 is 42.7 Å². The van der Waals surface area contributed by atoms with Crippen molar-refractivity contribution < 1.29 is 27.4 Å². The molecule has 0 aliphatic carbocycles. The maximum Gasteiger partial charge on any atom is 0.467 e. The largest absolute Gasteiger partial charge is 0.467 e. The molecule has 2 saturated heterocycles. The minimum atomic E-state index is -0.755. The molecule has 0 atom stereocenters. The zero-order valence-corrected chi connectivity index (χ0v) is 68.2. The Kier molecular flexibility index (Phi) is 17.8. The minimum Gasteiger partial charge on any atom is -0.445 e. The van der Waals surface area contributed by atoms with Gasteiger partial charge in [-0.3, -0.25) is 0 Å². The highest BCUT2D eigenvalue weighted by Gasteiger charge is 2.46. The van der Waals surface area contributed by atoms with E-state index in [1.54, 1.807) is 0 Å². The van der Waals surface area contributed by atoms with Crippen molar-refractivity contribution in [2.75, 3.05) is 0 Å². The molecule has 26 rings (SSSR count). The second-order valence-electron chi connectivity index (χ2n) is 32.6. The van der Waals surface area contributed by atoms with Gasteiger partial charge in [0.25, 0.3) is 0 Å². The lowest BCUT2D eigenvalue weighted by Crippen LogP contribution is -2.61. The number of fused-ring (bicyclic) bond motifs is 18. The molecule has 6 aromatic heterocycles. The molecular weight excluding hydrogens is 1540 g/mol. The summed E-state index contributed by atoms with van der Waals surface area (Å²) >= 11 is 0. The van der Waals surface area contributed by atoms with Crippen molar-refractivity contribution in [3.05, 3.63) is 437 Å². The van der Waals surface area contributed by atoms with Crippen LogP contribution >= 0.6 is 0 Å². The van der Waals surface area contributed by atoms with Gasteiger partial charge in [-0.15, -0.1) is 0 Å². The second-order valence-corrected chi connectivity index (χ2v) is 32.6. The quantitative estimate of drug-likeness (QED) is 0.113. The van der Waals surface area contributed by atoms with E-state index in [0.717, 1.165) is 138 Å². The first kappa shape index (κ1) is 73.6. The molecule has 0 amide bonds. The average Bonchev–Trinajstić information content (AvgIpc) is 1.69. The summed E-state index contributed by atoms with van der Waals surface area (Å²) in [5.41, 5.74) is 25.2. The lowest BCUT2D eigenvalue weighted by atomic mass is 9.61. The average molecular weight is 1610 g/mol. The van der Waals surface area contributed by atoms with Crippen LogP contribution in [0.4, 0.5) is 0 Å². The molecule has 126 heavy (non-hydrogen) atoms. The molecule has 2 fully saturated rings. The summed E-state index contributed by atoms with van der Waals surface area (Å²) in [6.07, 6.45) is 0. The van der Waals surface area contributed by atoms with E-state index >= 15 is 0 Å². The molecular formula is C108H72B6N6O6. The van der Waals surface area contributed by atoms with E-state index in [1.807, 2.05) is 0 Å². The summed E-state index contributed by atoms with van der Waals surface area (Å²) in [6, 6.07) is 154. The monoisotopic (exact) mass is 1610 g/mol. The summed E-state index contributed by atoms with van der Waals surface area (Å²) in [7, 11) is -4.53. The fraction of sp³-hybridized carbons (Fsp3) is 0. The zero-order chi connectivity index (χ0) is 82.9. The Balaban J connectivity index is 0.000000137. The molecule has 8 heterocycles. The van der Waals surface area contributed by atoms with E-state index in [9.17, 15) is 0 Å². The molecule has 2 aliphatic heterocycles. The van der Waals surface area contributed by atoms with Crippen LogP contribution in [-0.2, 0) is 27.4 Å². The van der Waals surface area contributed by atoms with Crippen LogP contribution in [0.25, 0.3) is 165 Å². The Hall–Kier alpha value is -15.1. The lowest BCUT2D eigenvalue weighted by Gasteiger charge is -2.32. The fourth-order valence-corrected chi connectivity index (χ4v) is 19.9. The zero-order valence-electron chi connectivity index (χ0n) is 68.2. The number of nitrogens with zero attached hydrogens (tertiary/aromatic N) is 6. The third kappa shape index (κ3) is 12.3. The molecule has 0 N–H and O–H groups in total. The molecule has 0 bridgehead atoms.